The molecule has 82 valence electrons. The normalized spacial score (nSPS) is 10.4. The second kappa shape index (κ2) is 4.53. The number of benzene rings is 1. The van der Waals surface area contributed by atoms with Gasteiger partial charge in [-0.2, -0.15) is 0 Å². The maximum absolute atomic E-state index is 12.7. The number of nitrogens with zero attached hydrogens (tertiary/aromatic N) is 1. The van der Waals surface area contributed by atoms with Gasteiger partial charge in [-0.05, 0) is 30.7 Å². The summed E-state index contributed by atoms with van der Waals surface area (Å²) in [5.41, 5.74) is 0.905. The van der Waals surface area contributed by atoms with Crippen LogP contribution in [0.15, 0.2) is 29.6 Å². The molecule has 0 bridgehead atoms. The van der Waals surface area contributed by atoms with Crippen molar-refractivity contribution in [2.75, 3.05) is 0 Å². The van der Waals surface area contributed by atoms with Gasteiger partial charge >= 0.3 is 0 Å². The quantitative estimate of drug-likeness (QED) is 0.765. The molecular formula is C12H10FNOS. The first-order valence-electron chi connectivity index (χ1n) is 4.95. The first-order chi connectivity index (χ1) is 7.70. The lowest BCUT2D eigenvalue weighted by Crippen LogP contribution is -2.01. The van der Waals surface area contributed by atoms with E-state index in [1.165, 1.54) is 35.6 Å². The van der Waals surface area contributed by atoms with Crippen molar-refractivity contribution in [3.8, 4) is 0 Å². The van der Waals surface area contributed by atoms with Crippen LogP contribution in [0.2, 0.25) is 0 Å². The lowest BCUT2D eigenvalue weighted by Gasteiger charge is -1.96. The number of rotatable bonds is 3. The minimum Gasteiger partial charge on any atom is -0.287 e. The third-order valence-electron chi connectivity index (χ3n) is 2.19. The number of aromatic nitrogens is 1. The molecule has 2 nitrogen and oxygen atoms in total. The standard InChI is InChI=1S/C12H10FNOS/c1-2-11-14-10(7-16-11)12(15)8-3-5-9(13)6-4-8/h3-7H,2H2,1H3. The Morgan fingerprint density at radius 1 is 1.38 bits per heavy atom. The van der Waals surface area contributed by atoms with Crippen molar-refractivity contribution in [3.63, 3.8) is 0 Å². The van der Waals surface area contributed by atoms with E-state index in [-0.39, 0.29) is 11.6 Å². The molecular weight excluding hydrogens is 225 g/mol. The highest BCUT2D eigenvalue weighted by Gasteiger charge is 2.12. The first kappa shape index (κ1) is 11.0. The SMILES string of the molecule is CCc1nc(C(=O)c2ccc(F)cc2)cs1. The van der Waals surface area contributed by atoms with Crippen molar-refractivity contribution < 1.29 is 9.18 Å². The number of carbonyl (C=O) groups is 1. The van der Waals surface area contributed by atoms with E-state index in [4.69, 9.17) is 0 Å². The molecule has 2 rings (SSSR count). The first-order valence-corrected chi connectivity index (χ1v) is 5.83. The second-order valence-electron chi connectivity index (χ2n) is 3.32. The molecule has 0 saturated carbocycles. The molecule has 0 spiro atoms. The molecule has 0 atom stereocenters. The Hall–Kier alpha value is -1.55. The summed E-state index contributed by atoms with van der Waals surface area (Å²) in [7, 11) is 0. The Bertz CT molecular complexity index is 504. The third-order valence-corrected chi connectivity index (χ3v) is 3.19. The summed E-state index contributed by atoms with van der Waals surface area (Å²) in [5.74, 6) is -0.500. The molecule has 0 aliphatic rings. The van der Waals surface area contributed by atoms with Crippen molar-refractivity contribution in [3.05, 3.63) is 51.7 Å². The van der Waals surface area contributed by atoms with E-state index in [9.17, 15) is 9.18 Å². The molecule has 0 aliphatic heterocycles. The van der Waals surface area contributed by atoms with Gasteiger partial charge in [-0.3, -0.25) is 4.79 Å². The molecule has 1 aromatic carbocycles. The summed E-state index contributed by atoms with van der Waals surface area (Å²) in [6.07, 6.45) is 0.821. The summed E-state index contributed by atoms with van der Waals surface area (Å²) >= 11 is 1.47. The van der Waals surface area contributed by atoms with Crippen LogP contribution in [0.3, 0.4) is 0 Å². The van der Waals surface area contributed by atoms with Gasteiger partial charge in [0.25, 0.3) is 0 Å². The summed E-state index contributed by atoms with van der Waals surface area (Å²) in [6, 6.07) is 5.51. The van der Waals surface area contributed by atoms with Gasteiger partial charge in [0.1, 0.15) is 11.5 Å². The fourth-order valence-electron chi connectivity index (χ4n) is 1.33. The van der Waals surface area contributed by atoms with E-state index >= 15 is 0 Å². The van der Waals surface area contributed by atoms with Crippen LogP contribution < -0.4 is 0 Å². The smallest absolute Gasteiger partial charge is 0.212 e. The summed E-state index contributed by atoms with van der Waals surface area (Å²) in [6.45, 7) is 1.99. The monoisotopic (exact) mass is 235 g/mol. The van der Waals surface area contributed by atoms with E-state index in [1.54, 1.807) is 5.38 Å². The van der Waals surface area contributed by atoms with Gasteiger partial charge in [-0.25, -0.2) is 9.37 Å². The zero-order valence-electron chi connectivity index (χ0n) is 8.74. The van der Waals surface area contributed by atoms with E-state index in [0.29, 0.717) is 11.3 Å². The Kier molecular flexibility index (Phi) is 3.10. The molecule has 16 heavy (non-hydrogen) atoms. The van der Waals surface area contributed by atoms with Crippen molar-refractivity contribution in [2.45, 2.75) is 13.3 Å². The topological polar surface area (TPSA) is 30.0 Å². The van der Waals surface area contributed by atoms with Gasteiger partial charge < -0.3 is 0 Å². The van der Waals surface area contributed by atoms with Crippen molar-refractivity contribution in [1.29, 1.82) is 0 Å². The average Bonchev–Trinajstić information content (AvgIpc) is 2.77. The molecule has 0 saturated heterocycles. The van der Waals surface area contributed by atoms with Gasteiger partial charge in [0.05, 0.1) is 5.01 Å². The Labute approximate surface area is 96.8 Å². The van der Waals surface area contributed by atoms with Crippen LogP contribution in [0.25, 0.3) is 0 Å². The van der Waals surface area contributed by atoms with E-state index < -0.39 is 0 Å². The Balaban J connectivity index is 2.28. The van der Waals surface area contributed by atoms with Crippen molar-refractivity contribution in [1.82, 2.24) is 4.98 Å². The lowest BCUT2D eigenvalue weighted by atomic mass is 10.1. The highest BCUT2D eigenvalue weighted by atomic mass is 32.1. The second-order valence-corrected chi connectivity index (χ2v) is 4.26. The summed E-state index contributed by atoms with van der Waals surface area (Å²) in [5, 5.41) is 2.68. The van der Waals surface area contributed by atoms with Gasteiger partial charge in [-0.15, -0.1) is 11.3 Å². The molecule has 0 unspecified atom stereocenters. The fraction of sp³-hybridized carbons (Fsp3) is 0.167. The average molecular weight is 235 g/mol. The van der Waals surface area contributed by atoms with Crippen molar-refractivity contribution >= 4 is 17.1 Å². The molecule has 0 N–H and O–H groups in total. The van der Waals surface area contributed by atoms with E-state index in [2.05, 4.69) is 4.98 Å². The summed E-state index contributed by atoms with van der Waals surface area (Å²) < 4.78 is 12.7. The Morgan fingerprint density at radius 3 is 2.62 bits per heavy atom. The van der Waals surface area contributed by atoms with Crippen molar-refractivity contribution in [2.24, 2.45) is 0 Å². The number of carbonyl (C=O) groups excluding carboxylic acids is 1. The molecule has 4 heteroatoms. The summed E-state index contributed by atoms with van der Waals surface area (Å²) in [4.78, 5) is 16.1. The molecule has 0 amide bonds. The molecule has 1 heterocycles. The highest BCUT2D eigenvalue weighted by Crippen LogP contribution is 2.14. The van der Waals surface area contributed by atoms with Gasteiger partial charge in [0.2, 0.25) is 5.78 Å². The third kappa shape index (κ3) is 2.17. The largest absolute Gasteiger partial charge is 0.287 e. The number of hydrogen-bond acceptors (Lipinski definition) is 3. The maximum atomic E-state index is 12.7. The van der Waals surface area contributed by atoms with Gasteiger partial charge in [0, 0.05) is 10.9 Å². The Morgan fingerprint density at radius 2 is 2.06 bits per heavy atom. The van der Waals surface area contributed by atoms with Crippen LogP contribution in [-0.4, -0.2) is 10.8 Å². The van der Waals surface area contributed by atoms with E-state index in [0.717, 1.165) is 11.4 Å². The molecule has 0 fully saturated rings. The van der Waals surface area contributed by atoms with Crippen LogP contribution >= 0.6 is 11.3 Å². The van der Waals surface area contributed by atoms with E-state index in [1.807, 2.05) is 6.92 Å². The number of hydrogen-bond donors (Lipinski definition) is 0. The van der Waals surface area contributed by atoms with Crippen LogP contribution in [0.5, 0.6) is 0 Å². The number of thiazole rings is 1. The predicted octanol–water partition coefficient (Wildman–Crippen LogP) is 3.08. The van der Waals surface area contributed by atoms with Gasteiger partial charge in [-0.1, -0.05) is 6.92 Å². The number of aryl methyl sites for hydroxylation is 1. The molecule has 2 aromatic rings. The predicted molar refractivity (Wildman–Crippen MR) is 61.3 cm³/mol. The zero-order chi connectivity index (χ0) is 11.5. The molecule has 0 radical (unpaired) electrons. The lowest BCUT2D eigenvalue weighted by molar-refractivity contribution is 0.103. The molecule has 1 aromatic heterocycles. The highest BCUT2D eigenvalue weighted by molar-refractivity contribution is 7.09. The zero-order valence-corrected chi connectivity index (χ0v) is 9.55. The fourth-order valence-corrected chi connectivity index (χ4v) is 2.05. The maximum Gasteiger partial charge on any atom is 0.212 e. The minimum atomic E-state index is -0.343. The minimum absolute atomic E-state index is 0.157. The number of halogens is 1. The van der Waals surface area contributed by atoms with Crippen LogP contribution in [0.4, 0.5) is 4.39 Å². The molecule has 0 aliphatic carbocycles. The van der Waals surface area contributed by atoms with Crippen LogP contribution in [0, 0.1) is 5.82 Å². The van der Waals surface area contributed by atoms with Crippen LogP contribution in [0.1, 0.15) is 28.0 Å². The van der Waals surface area contributed by atoms with Crippen LogP contribution in [-0.2, 0) is 6.42 Å². The van der Waals surface area contributed by atoms with Gasteiger partial charge in [0.15, 0.2) is 0 Å². The number of ketones is 1.